The van der Waals surface area contributed by atoms with Gasteiger partial charge in [-0.05, 0) is 18.2 Å². The molecule has 0 aliphatic heterocycles. The molecule has 0 saturated heterocycles. The fraction of sp³-hybridized carbons (Fsp3) is 0.167. The molecule has 112 valence electrons. The molecule has 2 aromatic rings. The smallest absolute Gasteiger partial charge is 0.419 e. The van der Waals surface area contributed by atoms with Crippen LogP contribution in [0.25, 0.3) is 0 Å². The Bertz CT molecular complexity index is 660. The minimum atomic E-state index is -4.82. The highest BCUT2D eigenvalue weighted by atomic mass is 19.4. The summed E-state index contributed by atoms with van der Waals surface area (Å²) in [5.74, 6) is -1.45. The number of benzene rings is 1. The van der Waals surface area contributed by atoms with E-state index in [4.69, 9.17) is 10.5 Å². The number of nitrogens with two attached hydrogens (primary N) is 1. The summed E-state index contributed by atoms with van der Waals surface area (Å²) < 4.78 is 56.1. The molecule has 0 aliphatic rings. The van der Waals surface area contributed by atoms with E-state index in [0.29, 0.717) is 18.0 Å². The lowest BCUT2D eigenvalue weighted by Gasteiger charge is -2.11. The molecule has 3 N–H and O–H groups in total. The van der Waals surface area contributed by atoms with Crippen LogP contribution in [0.15, 0.2) is 24.3 Å². The number of ether oxygens (including phenoxy) is 1. The summed E-state index contributed by atoms with van der Waals surface area (Å²) in [6, 6.07) is 3.61. The average Bonchev–Trinajstić information content (AvgIpc) is 2.39. The maximum atomic E-state index is 13.2. The van der Waals surface area contributed by atoms with Gasteiger partial charge in [-0.2, -0.15) is 23.1 Å². The zero-order chi connectivity index (χ0) is 15.6. The first-order valence-electron chi connectivity index (χ1n) is 5.66. The van der Waals surface area contributed by atoms with Crippen molar-refractivity contribution in [1.29, 1.82) is 0 Å². The Morgan fingerprint density at radius 1 is 1.19 bits per heavy atom. The number of halogens is 4. The summed E-state index contributed by atoms with van der Waals surface area (Å²) in [4.78, 5) is 7.52. The third kappa shape index (κ3) is 3.50. The van der Waals surface area contributed by atoms with Crippen molar-refractivity contribution < 1.29 is 22.3 Å². The molecule has 0 unspecified atom stereocenters. The monoisotopic (exact) mass is 302 g/mol. The van der Waals surface area contributed by atoms with E-state index in [1.54, 1.807) is 7.05 Å². The van der Waals surface area contributed by atoms with Crippen LogP contribution in [0.4, 0.5) is 29.3 Å². The summed E-state index contributed by atoms with van der Waals surface area (Å²) in [7, 11) is 1.57. The Morgan fingerprint density at radius 2 is 1.90 bits per heavy atom. The largest absolute Gasteiger partial charge is 0.439 e. The normalized spacial score (nSPS) is 11.3. The number of aromatic nitrogens is 2. The minimum absolute atomic E-state index is 0.0633. The van der Waals surface area contributed by atoms with E-state index in [2.05, 4.69) is 15.3 Å². The predicted molar refractivity (Wildman–Crippen MR) is 67.5 cm³/mol. The van der Waals surface area contributed by atoms with Gasteiger partial charge >= 0.3 is 6.18 Å². The molecule has 0 amide bonds. The van der Waals surface area contributed by atoms with E-state index in [1.807, 2.05) is 0 Å². The van der Waals surface area contributed by atoms with Crippen LogP contribution in [0.5, 0.6) is 11.6 Å². The molecule has 9 heteroatoms. The zero-order valence-electron chi connectivity index (χ0n) is 10.7. The van der Waals surface area contributed by atoms with Crippen molar-refractivity contribution in [3.05, 3.63) is 35.6 Å². The molecule has 0 atom stereocenters. The lowest BCUT2D eigenvalue weighted by molar-refractivity contribution is -0.140. The van der Waals surface area contributed by atoms with Crippen molar-refractivity contribution in [1.82, 2.24) is 9.97 Å². The first-order chi connectivity index (χ1) is 9.79. The van der Waals surface area contributed by atoms with Crippen LogP contribution in [-0.4, -0.2) is 17.0 Å². The number of hydrogen-bond acceptors (Lipinski definition) is 5. The van der Waals surface area contributed by atoms with Gasteiger partial charge in [-0.1, -0.05) is 0 Å². The highest BCUT2D eigenvalue weighted by Gasteiger charge is 2.34. The summed E-state index contributed by atoms with van der Waals surface area (Å²) >= 11 is 0. The number of rotatable bonds is 3. The van der Waals surface area contributed by atoms with Crippen LogP contribution < -0.4 is 15.8 Å². The van der Waals surface area contributed by atoms with Crippen molar-refractivity contribution in [2.24, 2.45) is 0 Å². The fourth-order valence-electron chi connectivity index (χ4n) is 1.53. The van der Waals surface area contributed by atoms with Gasteiger partial charge in [0.25, 0.3) is 0 Å². The third-order valence-electron chi connectivity index (χ3n) is 2.44. The van der Waals surface area contributed by atoms with Gasteiger partial charge in [0, 0.05) is 13.1 Å². The molecule has 1 heterocycles. The van der Waals surface area contributed by atoms with Crippen molar-refractivity contribution in [2.45, 2.75) is 6.18 Å². The van der Waals surface area contributed by atoms with Crippen molar-refractivity contribution >= 4 is 11.8 Å². The Kier molecular flexibility index (Phi) is 3.83. The van der Waals surface area contributed by atoms with E-state index in [-0.39, 0.29) is 17.6 Å². The summed E-state index contributed by atoms with van der Waals surface area (Å²) in [6.07, 6.45) is -4.82. The van der Waals surface area contributed by atoms with E-state index >= 15 is 0 Å². The Morgan fingerprint density at radius 3 is 2.52 bits per heavy atom. The lowest BCUT2D eigenvalue weighted by Crippen LogP contribution is -2.08. The van der Waals surface area contributed by atoms with Crippen LogP contribution in [0, 0.1) is 5.82 Å². The first kappa shape index (κ1) is 14.8. The minimum Gasteiger partial charge on any atom is -0.439 e. The second-order valence-corrected chi connectivity index (χ2v) is 3.94. The second-order valence-electron chi connectivity index (χ2n) is 3.94. The number of anilines is 2. The number of hydrogen-bond donors (Lipinski definition) is 2. The molecular weight excluding hydrogens is 292 g/mol. The zero-order valence-corrected chi connectivity index (χ0v) is 10.7. The Balaban J connectivity index is 2.34. The SMILES string of the molecule is CNc1cc(Oc2ccc(F)c(C(F)(F)F)c2)nc(N)n1. The molecule has 2 rings (SSSR count). The van der Waals surface area contributed by atoms with Gasteiger partial charge in [-0.25, -0.2) is 4.39 Å². The van der Waals surface area contributed by atoms with Gasteiger partial charge in [-0.3, -0.25) is 0 Å². The molecule has 0 bridgehead atoms. The maximum absolute atomic E-state index is 13.2. The van der Waals surface area contributed by atoms with Gasteiger partial charge in [0.1, 0.15) is 17.4 Å². The molecule has 0 radical (unpaired) electrons. The molecule has 0 aliphatic carbocycles. The predicted octanol–water partition coefficient (Wildman–Crippen LogP) is 3.05. The quantitative estimate of drug-likeness (QED) is 0.853. The van der Waals surface area contributed by atoms with Gasteiger partial charge in [0.15, 0.2) is 0 Å². The van der Waals surface area contributed by atoms with Crippen LogP contribution in [0.2, 0.25) is 0 Å². The molecule has 1 aromatic carbocycles. The first-order valence-corrected chi connectivity index (χ1v) is 5.66. The third-order valence-corrected chi connectivity index (χ3v) is 2.44. The molecule has 21 heavy (non-hydrogen) atoms. The molecular formula is C12H10F4N4O. The number of nitrogens with one attached hydrogen (secondary N) is 1. The van der Waals surface area contributed by atoms with Crippen molar-refractivity contribution in [3.63, 3.8) is 0 Å². The molecule has 0 saturated carbocycles. The number of alkyl halides is 3. The highest BCUT2D eigenvalue weighted by Crippen LogP contribution is 2.34. The number of nitrogen functional groups attached to an aromatic ring is 1. The topological polar surface area (TPSA) is 73.1 Å². The van der Waals surface area contributed by atoms with Crippen LogP contribution in [-0.2, 0) is 6.18 Å². The van der Waals surface area contributed by atoms with Crippen molar-refractivity contribution in [3.8, 4) is 11.6 Å². The van der Waals surface area contributed by atoms with E-state index in [1.165, 1.54) is 6.07 Å². The highest BCUT2D eigenvalue weighted by molar-refractivity contribution is 5.44. The average molecular weight is 302 g/mol. The Hall–Kier alpha value is -2.58. The van der Waals surface area contributed by atoms with E-state index in [9.17, 15) is 17.6 Å². The molecule has 5 nitrogen and oxygen atoms in total. The second kappa shape index (κ2) is 5.43. The van der Waals surface area contributed by atoms with Crippen LogP contribution >= 0.6 is 0 Å². The van der Waals surface area contributed by atoms with Gasteiger partial charge in [0.2, 0.25) is 11.8 Å². The van der Waals surface area contributed by atoms with Gasteiger partial charge < -0.3 is 15.8 Å². The lowest BCUT2D eigenvalue weighted by atomic mass is 10.2. The number of nitrogens with zero attached hydrogens (tertiary/aromatic N) is 2. The van der Waals surface area contributed by atoms with E-state index in [0.717, 1.165) is 6.07 Å². The maximum Gasteiger partial charge on any atom is 0.419 e. The van der Waals surface area contributed by atoms with Crippen LogP contribution in [0.1, 0.15) is 5.56 Å². The molecule has 0 fully saturated rings. The van der Waals surface area contributed by atoms with Gasteiger partial charge in [-0.15, -0.1) is 0 Å². The van der Waals surface area contributed by atoms with Gasteiger partial charge in [0.05, 0.1) is 5.56 Å². The van der Waals surface area contributed by atoms with Crippen LogP contribution in [0.3, 0.4) is 0 Å². The summed E-state index contributed by atoms with van der Waals surface area (Å²) in [5.41, 5.74) is 4.01. The fourth-order valence-corrected chi connectivity index (χ4v) is 1.53. The standard InChI is InChI=1S/C12H10F4N4O/c1-18-9-5-10(20-11(17)19-9)21-6-2-3-8(13)7(4-6)12(14,15)16/h2-5H,1H3,(H3,17,18,19,20). The summed E-state index contributed by atoms with van der Waals surface area (Å²) in [5, 5.41) is 2.69. The molecule has 0 spiro atoms. The Labute approximate surface area is 116 Å². The van der Waals surface area contributed by atoms with E-state index < -0.39 is 17.6 Å². The molecule has 1 aromatic heterocycles. The summed E-state index contributed by atoms with van der Waals surface area (Å²) in [6.45, 7) is 0. The van der Waals surface area contributed by atoms with Crippen molar-refractivity contribution in [2.75, 3.05) is 18.1 Å².